The molecule has 4 aliphatic heterocycles. The number of hydrogen-bond donors (Lipinski definition) is 1. The Kier molecular flexibility index (Phi) is 7.64. The van der Waals surface area contributed by atoms with Crippen molar-refractivity contribution in [3.63, 3.8) is 0 Å². The number of cyclic esters (lactones) is 1. The average molecular weight is 542 g/mol. The summed E-state index contributed by atoms with van der Waals surface area (Å²) in [4.78, 5) is 90.9. The Bertz CT molecular complexity index is 1180. The summed E-state index contributed by atoms with van der Waals surface area (Å²) in [6.45, 7) is -1.99. The number of rotatable bonds is 5. The molecule has 1 aromatic carbocycles. The Morgan fingerprint density at radius 1 is 1.11 bits per heavy atom. The zero-order valence-corrected chi connectivity index (χ0v) is 21.9. The van der Waals surface area contributed by atoms with Crippen LogP contribution < -0.4 is 40.1 Å². The van der Waals surface area contributed by atoms with E-state index in [0.717, 1.165) is 4.90 Å². The van der Waals surface area contributed by atoms with Crippen LogP contribution in [0.2, 0.25) is 0 Å². The van der Waals surface area contributed by atoms with Gasteiger partial charge in [0.1, 0.15) is 32.3 Å². The van der Waals surface area contributed by atoms with Crippen LogP contribution >= 0.6 is 0 Å². The van der Waals surface area contributed by atoms with E-state index < -0.39 is 79.4 Å². The van der Waals surface area contributed by atoms with Gasteiger partial charge in [-0.3, -0.25) is 29.0 Å². The summed E-state index contributed by atoms with van der Waals surface area (Å²) in [6.07, 6.45) is -1.77. The number of hydrogen-bond acceptors (Lipinski definition) is 13. The number of nitrogens with one attached hydrogen (secondary N) is 1. The molecule has 0 radical (unpaired) electrons. The fourth-order valence-electron chi connectivity index (χ4n) is 4.27. The monoisotopic (exact) mass is 542 g/mol. The minimum Gasteiger partial charge on any atom is -0.544 e. The van der Waals surface area contributed by atoms with Gasteiger partial charge < -0.3 is 24.2 Å². The molecule has 5 rings (SSSR count). The number of ether oxygens (including phenoxy) is 2. The molecule has 16 nitrogen and oxygen atoms in total. The number of carboxylic acid groups (broad SMARTS) is 1. The minimum absolute atomic E-state index is 0. The molecule has 196 valence electrons. The van der Waals surface area contributed by atoms with Crippen molar-refractivity contribution in [2.24, 2.45) is 0 Å². The van der Waals surface area contributed by atoms with Gasteiger partial charge >= 0.3 is 47.6 Å². The van der Waals surface area contributed by atoms with Crippen molar-refractivity contribution in [1.82, 2.24) is 20.5 Å². The van der Waals surface area contributed by atoms with Crippen molar-refractivity contribution in [1.29, 1.82) is 0 Å². The normalized spacial score (nSPS) is 28.8. The van der Waals surface area contributed by atoms with Gasteiger partial charge in [-0.25, -0.2) is 14.7 Å². The van der Waals surface area contributed by atoms with Crippen LogP contribution in [-0.2, 0) is 54.6 Å². The number of carbonyl (C=O) groups excluding carboxylic acids is 6. The Hall–Kier alpha value is -3.28. The molecular formula is C21H19N4NaO12. The quantitative estimate of drug-likeness (QED) is 0.210. The maximum absolute atomic E-state index is 13.5. The van der Waals surface area contributed by atoms with E-state index >= 15 is 0 Å². The molecule has 1 N–H and O–H groups in total. The first-order valence-electron chi connectivity index (χ1n) is 11.0. The maximum Gasteiger partial charge on any atom is 1.00 e. The fourth-order valence-corrected chi connectivity index (χ4v) is 4.27. The van der Waals surface area contributed by atoms with Crippen molar-refractivity contribution >= 4 is 35.8 Å². The summed E-state index contributed by atoms with van der Waals surface area (Å²) in [7, 11) is 0. The molecule has 4 aliphatic rings. The second-order valence-electron chi connectivity index (χ2n) is 8.46. The minimum atomic E-state index is -2.50. The molecule has 3 amide bonds. The van der Waals surface area contributed by atoms with Crippen LogP contribution in [0.15, 0.2) is 30.3 Å². The molecule has 4 saturated heterocycles. The Labute approximate surface area is 235 Å². The van der Waals surface area contributed by atoms with E-state index in [2.05, 4.69) is 5.48 Å². The Morgan fingerprint density at radius 3 is 2.50 bits per heavy atom. The number of hydroxylamine groups is 5. The summed E-state index contributed by atoms with van der Waals surface area (Å²) >= 11 is 0. The van der Waals surface area contributed by atoms with Gasteiger partial charge in [0.05, 0.1) is 6.42 Å². The van der Waals surface area contributed by atoms with Gasteiger partial charge in [0.25, 0.3) is 17.5 Å². The maximum atomic E-state index is 13.5. The molecule has 0 bridgehead atoms. The van der Waals surface area contributed by atoms with E-state index in [1.165, 1.54) is 0 Å². The number of carboxylic acids is 1. The van der Waals surface area contributed by atoms with Gasteiger partial charge in [-0.05, 0) is 5.56 Å². The van der Waals surface area contributed by atoms with Crippen LogP contribution in [0.3, 0.4) is 0 Å². The topological polar surface area (TPSA) is 193 Å². The molecule has 17 heteroatoms. The summed E-state index contributed by atoms with van der Waals surface area (Å²) < 4.78 is 10.1. The number of nitrogens with zero attached hydrogens (tertiary/aromatic N) is 3. The van der Waals surface area contributed by atoms with Crippen molar-refractivity contribution in [3.05, 3.63) is 35.9 Å². The second kappa shape index (κ2) is 10.5. The molecule has 38 heavy (non-hydrogen) atoms. The third-order valence-electron chi connectivity index (χ3n) is 6.20. The van der Waals surface area contributed by atoms with Crippen molar-refractivity contribution in [2.75, 3.05) is 19.8 Å². The molecule has 3 atom stereocenters. The zero-order chi connectivity index (χ0) is 26.4. The van der Waals surface area contributed by atoms with Crippen LogP contribution in [0.25, 0.3) is 0 Å². The largest absolute Gasteiger partial charge is 1.00 e. The van der Waals surface area contributed by atoms with Gasteiger partial charge in [-0.15, -0.1) is 5.48 Å². The summed E-state index contributed by atoms with van der Waals surface area (Å²) in [6, 6.07) is 7.12. The second-order valence-corrected chi connectivity index (χ2v) is 8.46. The number of amides is 3. The van der Waals surface area contributed by atoms with Crippen LogP contribution in [0.4, 0.5) is 4.79 Å². The van der Waals surface area contributed by atoms with Crippen molar-refractivity contribution in [2.45, 2.75) is 36.9 Å². The number of aliphatic carboxylic acids is 1. The molecule has 1 unspecified atom stereocenters. The molecule has 1 spiro atoms. The SMILES string of the molecule is O=C1CN(C(=O)OCc2ccccc2)[C@@]2(CON([C@H]3CON(C4(C(=O)[O-])CCC(=O)O4)C3=O)C2=O)NO1.[Na+]. The van der Waals surface area contributed by atoms with Gasteiger partial charge in [0.15, 0.2) is 6.04 Å². The molecule has 4 heterocycles. The van der Waals surface area contributed by atoms with Gasteiger partial charge in [-0.2, -0.15) is 5.06 Å². The number of benzene rings is 1. The van der Waals surface area contributed by atoms with Crippen molar-refractivity contribution in [3.8, 4) is 0 Å². The van der Waals surface area contributed by atoms with Gasteiger partial charge in [0.2, 0.25) is 5.66 Å². The Morgan fingerprint density at radius 2 is 1.84 bits per heavy atom. The van der Waals surface area contributed by atoms with E-state index in [0.29, 0.717) is 15.7 Å². The molecule has 0 saturated carbocycles. The zero-order valence-electron chi connectivity index (χ0n) is 19.9. The van der Waals surface area contributed by atoms with Crippen LogP contribution in [-0.4, -0.2) is 88.0 Å². The van der Waals surface area contributed by atoms with E-state index in [1.807, 2.05) is 0 Å². The predicted molar refractivity (Wildman–Crippen MR) is 108 cm³/mol. The smallest absolute Gasteiger partial charge is 0.544 e. The van der Waals surface area contributed by atoms with Crippen LogP contribution in [0.5, 0.6) is 0 Å². The molecule has 1 aromatic rings. The van der Waals surface area contributed by atoms with Crippen LogP contribution in [0, 0.1) is 0 Å². The first-order chi connectivity index (χ1) is 17.7. The fraction of sp³-hybridized carbons (Fsp3) is 0.429. The van der Waals surface area contributed by atoms with E-state index in [4.69, 9.17) is 24.0 Å². The van der Waals surface area contributed by atoms with Gasteiger partial charge in [-0.1, -0.05) is 30.3 Å². The van der Waals surface area contributed by atoms with E-state index in [9.17, 15) is 33.9 Å². The van der Waals surface area contributed by atoms with E-state index in [-0.39, 0.29) is 42.6 Å². The van der Waals surface area contributed by atoms with Gasteiger partial charge in [0, 0.05) is 6.42 Å². The molecule has 4 fully saturated rings. The van der Waals surface area contributed by atoms with E-state index in [1.54, 1.807) is 30.3 Å². The Balaban J connectivity index is 0.00000336. The predicted octanol–water partition coefficient (Wildman–Crippen LogP) is -5.91. The summed E-state index contributed by atoms with van der Waals surface area (Å²) in [5.41, 5.74) is -1.73. The third-order valence-corrected chi connectivity index (χ3v) is 6.20. The third kappa shape index (κ3) is 4.48. The average Bonchev–Trinajstić information content (AvgIpc) is 3.56. The molecule has 0 aliphatic carbocycles. The number of carbonyl (C=O) groups is 6. The standard InChI is InChI=1S/C21H20N4O12.Na/c26-14-6-7-21(36-14,18(30)31)25-16(28)13(10-34-25)24-17(29)20(11-35-24)22-37-15(27)8-23(20)19(32)33-9-12-4-2-1-3-5-12;/h1-5,13,22H,6-11H2,(H,30,31);/q;+1/p-1/t13-,20+,21?;/m0./s1. The number of esters is 1. The molecule has 0 aromatic heterocycles. The first kappa shape index (κ1) is 27.7. The molecular weight excluding hydrogens is 523 g/mol. The van der Waals surface area contributed by atoms with Crippen molar-refractivity contribution < 1.29 is 87.4 Å². The summed E-state index contributed by atoms with van der Waals surface area (Å²) in [5.74, 6) is -5.75. The summed E-state index contributed by atoms with van der Waals surface area (Å²) in [5, 5.41) is 12.7. The first-order valence-corrected chi connectivity index (χ1v) is 11.0. The van der Waals surface area contributed by atoms with Crippen LogP contribution in [0.1, 0.15) is 18.4 Å².